The first kappa shape index (κ1) is 48.7. The molecule has 3 saturated carbocycles. The number of thiophene rings is 2. The van der Waals surface area contributed by atoms with Crippen molar-refractivity contribution in [3.8, 4) is 0 Å². The van der Waals surface area contributed by atoms with Crippen LogP contribution in [0.5, 0.6) is 0 Å². The third kappa shape index (κ3) is 14.6. The normalized spacial score (nSPS) is 25.2. The first-order valence-corrected chi connectivity index (χ1v) is 24.7. The van der Waals surface area contributed by atoms with Crippen LogP contribution in [0, 0.1) is 5.92 Å². The first-order chi connectivity index (χ1) is 29.3. The summed E-state index contributed by atoms with van der Waals surface area (Å²) in [6, 6.07) is 16.9. The monoisotopic (exact) mass is 894 g/mol. The molecule has 3 aromatic rings. The summed E-state index contributed by atoms with van der Waals surface area (Å²) < 4.78 is 0. The standard InChI is InChI=1S/C24H32ClN3O2S.C24H39N3O2S/c1-28(2)24(21-8-5-15-31-21)13-11-20(12-14-24)27-23(30)10-4-9-22(29)26-17-18-6-3-7-19(25)16-18;1-18-9-11-19(12-10-18)25-22(28)7-4-8-23(29)26-20-13-15-24(16-14-20,27(2)3)21-6-5-17-30-21/h3,5-8,15-16,20H,4,9-14,17H2,1-2H3,(H,26,29)(H,27,30);5-6,17-20H,4,7-16H2,1-3H3,(H,25,28)(H,26,29). The second kappa shape index (κ2) is 24.0. The number of rotatable bonds is 17. The maximum absolute atomic E-state index is 12.4. The maximum Gasteiger partial charge on any atom is 0.220 e. The number of nitrogens with zero attached hydrogens (tertiary/aromatic N) is 2. The van der Waals surface area contributed by atoms with E-state index in [9.17, 15) is 19.2 Å². The molecular formula is C48H71ClN6O4S2. The van der Waals surface area contributed by atoms with Crippen molar-refractivity contribution in [2.75, 3.05) is 28.2 Å². The van der Waals surface area contributed by atoms with Crippen molar-refractivity contribution in [3.63, 3.8) is 0 Å². The lowest BCUT2D eigenvalue weighted by atomic mass is 9.77. The largest absolute Gasteiger partial charge is 0.353 e. The summed E-state index contributed by atoms with van der Waals surface area (Å²) in [5.74, 6) is 0.979. The van der Waals surface area contributed by atoms with Crippen LogP contribution in [0.3, 0.4) is 0 Å². The van der Waals surface area contributed by atoms with Crippen molar-refractivity contribution < 1.29 is 19.2 Å². The Morgan fingerprint density at radius 2 is 1.03 bits per heavy atom. The minimum atomic E-state index is -0.0443. The van der Waals surface area contributed by atoms with E-state index in [1.807, 2.05) is 40.9 Å². The molecule has 3 aliphatic rings. The third-order valence-electron chi connectivity index (χ3n) is 13.4. The second-order valence-corrected chi connectivity index (χ2v) is 20.5. The molecule has 0 bridgehead atoms. The molecule has 61 heavy (non-hydrogen) atoms. The number of benzene rings is 1. The third-order valence-corrected chi connectivity index (χ3v) is 15.8. The Balaban J connectivity index is 0.000000231. The molecule has 0 radical (unpaired) electrons. The van der Waals surface area contributed by atoms with Crippen LogP contribution in [0.1, 0.15) is 138 Å². The Hall–Kier alpha value is -3.29. The van der Waals surface area contributed by atoms with Crippen LogP contribution in [0.2, 0.25) is 5.02 Å². The van der Waals surface area contributed by atoms with Gasteiger partial charge in [0.2, 0.25) is 23.6 Å². The Morgan fingerprint density at radius 3 is 1.43 bits per heavy atom. The Morgan fingerprint density at radius 1 is 0.607 bits per heavy atom. The van der Waals surface area contributed by atoms with Gasteiger partial charge in [0.25, 0.3) is 0 Å². The number of carbonyl (C=O) groups is 4. The molecule has 4 N–H and O–H groups in total. The first-order valence-electron chi connectivity index (χ1n) is 22.6. The molecule has 1 aromatic carbocycles. The zero-order chi connectivity index (χ0) is 43.8. The SMILES string of the molecule is CC1CCC(NC(=O)CCCC(=O)NC2CCC(c3cccs3)(N(C)C)CC2)CC1.CN(C)C1(c2cccs2)CCC(NC(=O)CCCC(=O)NCc2cccc(Cl)c2)CC1. The Bertz CT molecular complexity index is 1800. The highest BCUT2D eigenvalue weighted by atomic mass is 35.5. The molecule has 0 atom stereocenters. The average molecular weight is 896 g/mol. The fourth-order valence-electron chi connectivity index (χ4n) is 9.45. The van der Waals surface area contributed by atoms with E-state index in [0.29, 0.717) is 56.1 Å². The van der Waals surface area contributed by atoms with Gasteiger partial charge in [0.15, 0.2) is 0 Å². The average Bonchev–Trinajstić information content (AvgIpc) is 3.99. The fourth-order valence-corrected chi connectivity index (χ4v) is 11.8. The number of hydrogen-bond donors (Lipinski definition) is 4. The molecular weight excluding hydrogens is 824 g/mol. The molecule has 10 nitrogen and oxygen atoms in total. The summed E-state index contributed by atoms with van der Waals surface area (Å²) in [4.78, 5) is 56.5. The van der Waals surface area contributed by atoms with Gasteiger partial charge in [-0.05, 0) is 165 Å². The minimum Gasteiger partial charge on any atom is -0.353 e. The molecule has 2 heterocycles. The minimum absolute atomic E-state index is 0.0427. The van der Waals surface area contributed by atoms with Gasteiger partial charge in [-0.3, -0.25) is 29.0 Å². The predicted molar refractivity (Wildman–Crippen MR) is 251 cm³/mol. The summed E-state index contributed by atoms with van der Waals surface area (Å²) in [5.41, 5.74) is 1.15. The van der Waals surface area contributed by atoms with E-state index in [1.165, 1.54) is 22.6 Å². The molecule has 2 aromatic heterocycles. The number of amides is 4. The zero-order valence-electron chi connectivity index (χ0n) is 37.2. The highest BCUT2D eigenvalue weighted by Gasteiger charge is 2.41. The topological polar surface area (TPSA) is 123 Å². The predicted octanol–water partition coefficient (Wildman–Crippen LogP) is 9.13. The van der Waals surface area contributed by atoms with E-state index in [2.05, 4.69) is 101 Å². The van der Waals surface area contributed by atoms with Crippen LogP contribution >= 0.6 is 34.3 Å². The van der Waals surface area contributed by atoms with Gasteiger partial charge in [-0.25, -0.2) is 0 Å². The van der Waals surface area contributed by atoms with Crippen molar-refractivity contribution >= 4 is 57.9 Å². The highest BCUT2D eigenvalue weighted by Crippen LogP contribution is 2.44. The number of hydrogen-bond acceptors (Lipinski definition) is 8. The molecule has 0 aliphatic heterocycles. The quantitative estimate of drug-likeness (QED) is 0.107. The van der Waals surface area contributed by atoms with Crippen LogP contribution < -0.4 is 21.3 Å². The van der Waals surface area contributed by atoms with Gasteiger partial charge >= 0.3 is 0 Å². The summed E-state index contributed by atoms with van der Waals surface area (Å²) in [5, 5.41) is 17.4. The lowest BCUT2D eigenvalue weighted by Gasteiger charge is -2.44. The molecule has 3 fully saturated rings. The van der Waals surface area contributed by atoms with Crippen molar-refractivity contribution in [1.82, 2.24) is 31.1 Å². The van der Waals surface area contributed by atoms with E-state index in [1.54, 1.807) is 6.07 Å². The van der Waals surface area contributed by atoms with E-state index in [4.69, 9.17) is 11.6 Å². The van der Waals surface area contributed by atoms with E-state index in [-0.39, 0.29) is 46.8 Å². The van der Waals surface area contributed by atoms with E-state index in [0.717, 1.165) is 75.7 Å². The molecule has 0 spiro atoms. The van der Waals surface area contributed by atoms with E-state index >= 15 is 0 Å². The van der Waals surface area contributed by atoms with Crippen molar-refractivity contribution in [3.05, 3.63) is 79.6 Å². The smallest absolute Gasteiger partial charge is 0.220 e. The van der Waals surface area contributed by atoms with Crippen molar-refractivity contribution in [1.29, 1.82) is 0 Å². The number of nitrogens with one attached hydrogen (secondary N) is 4. The lowest BCUT2D eigenvalue weighted by molar-refractivity contribution is -0.125. The van der Waals surface area contributed by atoms with Gasteiger partial charge in [0.1, 0.15) is 0 Å². The van der Waals surface area contributed by atoms with Gasteiger partial charge in [-0.15, -0.1) is 22.7 Å². The summed E-state index contributed by atoms with van der Waals surface area (Å²) >= 11 is 9.60. The molecule has 13 heteroatoms. The van der Waals surface area contributed by atoms with Crippen LogP contribution in [0.15, 0.2) is 59.3 Å². The molecule has 3 aliphatic carbocycles. The van der Waals surface area contributed by atoms with Crippen LogP contribution in [-0.2, 0) is 36.8 Å². The van der Waals surface area contributed by atoms with Gasteiger partial charge < -0.3 is 21.3 Å². The summed E-state index contributed by atoms with van der Waals surface area (Å²) in [6.07, 6.45) is 15.6. The van der Waals surface area contributed by atoms with Gasteiger partial charge in [-0.2, -0.15) is 0 Å². The molecule has 336 valence electrons. The number of halogens is 1. The second-order valence-electron chi connectivity index (χ2n) is 18.1. The van der Waals surface area contributed by atoms with Crippen LogP contribution in [0.4, 0.5) is 0 Å². The van der Waals surface area contributed by atoms with Crippen LogP contribution in [0.25, 0.3) is 0 Å². The van der Waals surface area contributed by atoms with Crippen molar-refractivity contribution in [2.24, 2.45) is 5.92 Å². The summed E-state index contributed by atoms with van der Waals surface area (Å²) in [6.45, 7) is 2.73. The maximum atomic E-state index is 12.4. The molecule has 6 rings (SSSR count). The van der Waals surface area contributed by atoms with E-state index < -0.39 is 0 Å². The molecule has 0 saturated heterocycles. The zero-order valence-corrected chi connectivity index (χ0v) is 39.6. The highest BCUT2D eigenvalue weighted by molar-refractivity contribution is 7.10. The summed E-state index contributed by atoms with van der Waals surface area (Å²) in [7, 11) is 8.63. The molecule has 4 amide bonds. The number of carbonyl (C=O) groups excluding carboxylic acids is 4. The van der Waals surface area contributed by atoms with Crippen molar-refractivity contribution in [2.45, 2.75) is 158 Å². The fraction of sp³-hybridized carbons (Fsp3) is 0.625. The Kier molecular flexibility index (Phi) is 19.1. The van der Waals surface area contributed by atoms with Gasteiger partial charge in [-0.1, -0.05) is 42.8 Å². The van der Waals surface area contributed by atoms with Gasteiger partial charge in [0.05, 0.1) is 11.1 Å². The lowest BCUT2D eigenvalue weighted by Crippen LogP contribution is -2.48. The van der Waals surface area contributed by atoms with Gasteiger partial charge in [0, 0.05) is 65.1 Å². The Labute approximate surface area is 378 Å². The van der Waals surface area contributed by atoms with Crippen LogP contribution in [-0.4, -0.2) is 79.7 Å². The molecule has 0 unspecified atom stereocenters.